The molecule has 1 saturated heterocycles. The van der Waals surface area contributed by atoms with Gasteiger partial charge in [-0.05, 0) is 63.8 Å². The van der Waals surface area contributed by atoms with Crippen molar-refractivity contribution in [2.24, 2.45) is 4.99 Å². The van der Waals surface area contributed by atoms with E-state index in [0.717, 1.165) is 56.6 Å². The lowest BCUT2D eigenvalue weighted by atomic mass is 10.2. The minimum atomic E-state index is 0. The van der Waals surface area contributed by atoms with Crippen LogP contribution in [-0.2, 0) is 13.1 Å². The number of aromatic nitrogens is 3. The van der Waals surface area contributed by atoms with Gasteiger partial charge >= 0.3 is 0 Å². The van der Waals surface area contributed by atoms with E-state index in [4.69, 9.17) is 4.99 Å². The highest BCUT2D eigenvalue weighted by molar-refractivity contribution is 14.0. The number of nitrogens with zero attached hydrogens (tertiary/aromatic N) is 5. The Morgan fingerprint density at radius 3 is 2.66 bits per heavy atom. The molecule has 29 heavy (non-hydrogen) atoms. The third-order valence-corrected chi connectivity index (χ3v) is 4.95. The van der Waals surface area contributed by atoms with Crippen LogP contribution in [0.4, 0.5) is 5.82 Å². The van der Waals surface area contributed by atoms with E-state index in [9.17, 15) is 0 Å². The summed E-state index contributed by atoms with van der Waals surface area (Å²) >= 11 is 0. The van der Waals surface area contributed by atoms with E-state index in [2.05, 4.69) is 62.3 Å². The van der Waals surface area contributed by atoms with Gasteiger partial charge in [-0.3, -0.25) is 4.68 Å². The Hall–Kier alpha value is -1.84. The van der Waals surface area contributed by atoms with E-state index in [1.165, 1.54) is 24.1 Å². The van der Waals surface area contributed by atoms with Gasteiger partial charge in [0.2, 0.25) is 0 Å². The first-order chi connectivity index (χ1) is 13.7. The zero-order valence-electron chi connectivity index (χ0n) is 17.8. The summed E-state index contributed by atoms with van der Waals surface area (Å²) in [5.41, 5.74) is 3.48. The van der Waals surface area contributed by atoms with Crippen LogP contribution in [0.5, 0.6) is 0 Å². The third-order valence-electron chi connectivity index (χ3n) is 4.95. The van der Waals surface area contributed by atoms with Crippen LogP contribution >= 0.6 is 24.0 Å². The first kappa shape index (κ1) is 23.4. The molecule has 0 aliphatic carbocycles. The molecule has 0 saturated carbocycles. The fourth-order valence-corrected chi connectivity index (χ4v) is 3.53. The Labute approximate surface area is 191 Å². The van der Waals surface area contributed by atoms with Gasteiger partial charge in [0, 0.05) is 44.6 Å². The summed E-state index contributed by atoms with van der Waals surface area (Å²) in [6.45, 7) is 11.7. The quantitative estimate of drug-likeness (QED) is 0.247. The predicted molar refractivity (Wildman–Crippen MR) is 130 cm³/mol. The second-order valence-corrected chi connectivity index (χ2v) is 7.34. The molecule has 3 rings (SSSR count). The van der Waals surface area contributed by atoms with Crippen molar-refractivity contribution in [2.75, 3.05) is 31.1 Å². The molecule has 0 bridgehead atoms. The van der Waals surface area contributed by atoms with Gasteiger partial charge in [0.05, 0.1) is 12.2 Å². The van der Waals surface area contributed by atoms with Crippen LogP contribution in [0.3, 0.4) is 0 Å². The van der Waals surface area contributed by atoms with Crippen molar-refractivity contribution in [2.45, 2.75) is 53.1 Å². The Balaban J connectivity index is 0.00000300. The molecule has 2 aromatic rings. The molecule has 160 valence electrons. The van der Waals surface area contributed by atoms with E-state index < -0.39 is 0 Å². The smallest absolute Gasteiger partial charge is 0.191 e. The molecule has 3 heterocycles. The number of hydrogen-bond acceptors (Lipinski definition) is 4. The maximum Gasteiger partial charge on any atom is 0.191 e. The Morgan fingerprint density at radius 2 is 1.97 bits per heavy atom. The van der Waals surface area contributed by atoms with Gasteiger partial charge < -0.3 is 15.5 Å². The molecule has 8 heteroatoms. The second kappa shape index (κ2) is 12.0. The Kier molecular flexibility index (Phi) is 9.69. The van der Waals surface area contributed by atoms with Crippen LogP contribution in [0.15, 0.2) is 29.4 Å². The molecule has 0 spiro atoms. The number of aliphatic imine (C=N–C) groups is 1. The summed E-state index contributed by atoms with van der Waals surface area (Å²) in [4.78, 5) is 11.6. The molecular formula is C21H34IN7. The highest BCUT2D eigenvalue weighted by Gasteiger charge is 2.13. The minimum Gasteiger partial charge on any atom is -0.357 e. The van der Waals surface area contributed by atoms with E-state index in [-0.39, 0.29) is 24.0 Å². The van der Waals surface area contributed by atoms with Gasteiger partial charge in [0.15, 0.2) is 5.96 Å². The number of guanidine groups is 1. The summed E-state index contributed by atoms with van der Waals surface area (Å²) in [6, 6.07) is 6.33. The van der Waals surface area contributed by atoms with Gasteiger partial charge in [0.25, 0.3) is 0 Å². The largest absolute Gasteiger partial charge is 0.357 e. The highest BCUT2D eigenvalue weighted by atomic mass is 127. The highest BCUT2D eigenvalue weighted by Crippen LogP contribution is 2.18. The maximum absolute atomic E-state index is 4.74. The molecule has 0 atom stereocenters. The standard InChI is InChI=1S/C21H33N7.HI/c1-4-22-21(24-9-7-13-28-18(3)14-17(2)26-28)25-16-19-8-10-23-20(15-19)27-11-5-6-12-27;/h8,10,14-15H,4-7,9,11-13,16H2,1-3H3,(H2,22,24,25);1H. The topological polar surface area (TPSA) is 70.4 Å². The van der Waals surface area contributed by atoms with Crippen molar-refractivity contribution in [1.82, 2.24) is 25.4 Å². The minimum absolute atomic E-state index is 0. The average molecular weight is 511 g/mol. The Bertz CT molecular complexity index is 781. The Morgan fingerprint density at radius 1 is 1.17 bits per heavy atom. The SMILES string of the molecule is CCNC(=NCc1ccnc(N2CCCC2)c1)NCCCn1nc(C)cc1C.I. The normalized spacial score (nSPS) is 14.0. The first-order valence-electron chi connectivity index (χ1n) is 10.4. The molecular weight excluding hydrogens is 477 g/mol. The average Bonchev–Trinajstić information content (AvgIpc) is 3.33. The molecule has 1 aliphatic rings. The van der Waals surface area contributed by atoms with Gasteiger partial charge in [-0.25, -0.2) is 9.98 Å². The molecule has 0 unspecified atom stereocenters. The van der Waals surface area contributed by atoms with Crippen LogP contribution in [0.1, 0.15) is 43.1 Å². The van der Waals surface area contributed by atoms with E-state index in [1.807, 2.05) is 13.1 Å². The fraction of sp³-hybridized carbons (Fsp3) is 0.571. The van der Waals surface area contributed by atoms with Crippen LogP contribution < -0.4 is 15.5 Å². The number of anilines is 1. The zero-order valence-corrected chi connectivity index (χ0v) is 20.1. The number of nitrogens with one attached hydrogen (secondary N) is 2. The summed E-state index contributed by atoms with van der Waals surface area (Å²) < 4.78 is 2.07. The maximum atomic E-state index is 4.74. The lowest BCUT2D eigenvalue weighted by Crippen LogP contribution is -2.38. The molecule has 1 fully saturated rings. The number of aryl methyl sites for hydroxylation is 3. The summed E-state index contributed by atoms with van der Waals surface area (Å²) in [5.74, 6) is 1.93. The second-order valence-electron chi connectivity index (χ2n) is 7.34. The van der Waals surface area contributed by atoms with E-state index in [1.54, 1.807) is 0 Å². The van der Waals surface area contributed by atoms with Crippen LogP contribution in [0.2, 0.25) is 0 Å². The number of rotatable bonds is 8. The van der Waals surface area contributed by atoms with Crippen molar-refractivity contribution in [1.29, 1.82) is 0 Å². The zero-order chi connectivity index (χ0) is 19.8. The number of pyridine rings is 1. The number of halogens is 1. The van der Waals surface area contributed by atoms with Crippen molar-refractivity contribution in [3.8, 4) is 0 Å². The van der Waals surface area contributed by atoms with Crippen molar-refractivity contribution < 1.29 is 0 Å². The molecule has 0 amide bonds. The molecule has 0 aromatic carbocycles. The molecule has 2 N–H and O–H groups in total. The van der Waals surface area contributed by atoms with Crippen molar-refractivity contribution in [3.63, 3.8) is 0 Å². The fourth-order valence-electron chi connectivity index (χ4n) is 3.53. The van der Waals surface area contributed by atoms with Gasteiger partial charge in [-0.1, -0.05) is 0 Å². The van der Waals surface area contributed by atoms with Crippen molar-refractivity contribution in [3.05, 3.63) is 41.3 Å². The molecule has 7 nitrogen and oxygen atoms in total. The van der Waals surface area contributed by atoms with Gasteiger partial charge in [-0.15, -0.1) is 24.0 Å². The van der Waals surface area contributed by atoms with Gasteiger partial charge in [-0.2, -0.15) is 5.10 Å². The van der Waals surface area contributed by atoms with Gasteiger partial charge in [0.1, 0.15) is 5.82 Å². The molecule has 0 radical (unpaired) electrons. The van der Waals surface area contributed by atoms with Crippen molar-refractivity contribution >= 4 is 35.8 Å². The summed E-state index contributed by atoms with van der Waals surface area (Å²) in [6.07, 6.45) is 5.42. The van der Waals surface area contributed by atoms with E-state index >= 15 is 0 Å². The lowest BCUT2D eigenvalue weighted by Gasteiger charge is -2.16. The summed E-state index contributed by atoms with van der Waals surface area (Å²) in [5, 5.41) is 11.3. The monoisotopic (exact) mass is 511 g/mol. The van der Waals surface area contributed by atoms with Crippen LogP contribution in [0, 0.1) is 13.8 Å². The molecule has 1 aliphatic heterocycles. The molecule has 2 aromatic heterocycles. The van der Waals surface area contributed by atoms with Crippen LogP contribution in [-0.4, -0.2) is 46.9 Å². The lowest BCUT2D eigenvalue weighted by molar-refractivity contribution is 0.555. The third kappa shape index (κ3) is 7.17. The first-order valence-corrected chi connectivity index (χ1v) is 10.4. The summed E-state index contributed by atoms with van der Waals surface area (Å²) in [7, 11) is 0. The number of hydrogen-bond donors (Lipinski definition) is 2. The van der Waals surface area contributed by atoms with Crippen LogP contribution in [0.25, 0.3) is 0 Å². The van der Waals surface area contributed by atoms with E-state index in [0.29, 0.717) is 6.54 Å². The predicted octanol–water partition coefficient (Wildman–Crippen LogP) is 3.26.